The fourth-order valence-electron chi connectivity index (χ4n) is 1.85. The van der Waals surface area contributed by atoms with Gasteiger partial charge in [-0.05, 0) is 31.3 Å². The zero-order chi connectivity index (χ0) is 14.4. The van der Waals surface area contributed by atoms with Crippen molar-refractivity contribution in [1.29, 1.82) is 0 Å². The summed E-state index contributed by atoms with van der Waals surface area (Å²) in [5, 5.41) is 8.81. The molecule has 0 amide bonds. The van der Waals surface area contributed by atoms with E-state index in [2.05, 4.69) is 14.9 Å². The van der Waals surface area contributed by atoms with Crippen LogP contribution in [0.1, 0.15) is 21.7 Å². The van der Waals surface area contributed by atoms with E-state index in [1.807, 2.05) is 25.2 Å². The molecule has 0 aliphatic rings. The third-order valence-corrected chi connectivity index (χ3v) is 2.98. The van der Waals surface area contributed by atoms with Crippen molar-refractivity contribution in [3.8, 4) is 0 Å². The number of rotatable bonds is 6. The Morgan fingerprint density at radius 3 is 2.65 bits per heavy atom. The Morgan fingerprint density at radius 2 is 2.05 bits per heavy atom. The Morgan fingerprint density at radius 1 is 1.20 bits per heavy atom. The molecule has 0 fully saturated rings. The van der Waals surface area contributed by atoms with E-state index in [0.717, 1.165) is 24.4 Å². The number of likely N-dealkylation sites (N-methyl/N-ethyl adjacent to an activating group) is 1. The van der Waals surface area contributed by atoms with Gasteiger partial charge in [-0.15, -0.1) is 0 Å². The van der Waals surface area contributed by atoms with Gasteiger partial charge in [0, 0.05) is 37.6 Å². The summed E-state index contributed by atoms with van der Waals surface area (Å²) >= 11 is 0. The molecule has 0 bridgehead atoms. The van der Waals surface area contributed by atoms with Crippen molar-refractivity contribution >= 4 is 5.97 Å². The van der Waals surface area contributed by atoms with Crippen LogP contribution in [0.4, 0.5) is 0 Å². The molecule has 0 saturated carbocycles. The fraction of sp³-hybridized carbons (Fsp3) is 0.267. The lowest BCUT2D eigenvalue weighted by molar-refractivity contribution is 0.0696. The average Bonchev–Trinajstić information content (AvgIpc) is 2.47. The average molecular weight is 271 g/mol. The van der Waals surface area contributed by atoms with Crippen LogP contribution in [0.2, 0.25) is 0 Å². The Balaban J connectivity index is 1.85. The van der Waals surface area contributed by atoms with Crippen LogP contribution in [0.3, 0.4) is 0 Å². The summed E-state index contributed by atoms with van der Waals surface area (Å²) < 4.78 is 0. The van der Waals surface area contributed by atoms with Gasteiger partial charge in [-0.3, -0.25) is 9.97 Å². The first-order chi connectivity index (χ1) is 9.65. The molecule has 20 heavy (non-hydrogen) atoms. The Kier molecular flexibility index (Phi) is 4.79. The van der Waals surface area contributed by atoms with Crippen molar-refractivity contribution in [2.75, 3.05) is 13.6 Å². The molecule has 0 saturated heterocycles. The summed E-state index contributed by atoms with van der Waals surface area (Å²) in [5.74, 6) is -0.951. The minimum absolute atomic E-state index is 0.213. The van der Waals surface area contributed by atoms with Crippen molar-refractivity contribution in [3.05, 3.63) is 59.7 Å². The van der Waals surface area contributed by atoms with E-state index in [4.69, 9.17) is 5.11 Å². The Bertz CT molecular complexity index is 555. The van der Waals surface area contributed by atoms with E-state index in [0.29, 0.717) is 6.54 Å². The second-order valence-corrected chi connectivity index (χ2v) is 4.65. The van der Waals surface area contributed by atoms with Gasteiger partial charge in [0.05, 0.1) is 11.3 Å². The molecule has 0 aromatic carbocycles. The van der Waals surface area contributed by atoms with Crippen LogP contribution in [0.15, 0.2) is 42.7 Å². The first-order valence-corrected chi connectivity index (χ1v) is 6.42. The fourth-order valence-corrected chi connectivity index (χ4v) is 1.85. The van der Waals surface area contributed by atoms with Gasteiger partial charge >= 0.3 is 5.97 Å². The van der Waals surface area contributed by atoms with Gasteiger partial charge in [0.15, 0.2) is 0 Å². The van der Waals surface area contributed by atoms with Gasteiger partial charge in [0.25, 0.3) is 0 Å². The van der Waals surface area contributed by atoms with Crippen molar-refractivity contribution in [2.45, 2.75) is 13.0 Å². The second-order valence-electron chi connectivity index (χ2n) is 4.65. The number of hydrogen-bond acceptors (Lipinski definition) is 4. The zero-order valence-electron chi connectivity index (χ0n) is 11.4. The van der Waals surface area contributed by atoms with Gasteiger partial charge in [-0.2, -0.15) is 0 Å². The standard InChI is InChI=1S/C15H17N3O2/c1-18(9-7-13-4-2-3-8-16-13)11-14-6-5-12(10-17-14)15(19)20/h2-6,8,10H,7,9,11H2,1H3,(H,19,20). The Labute approximate surface area is 117 Å². The van der Waals surface area contributed by atoms with E-state index in [1.54, 1.807) is 18.3 Å². The summed E-state index contributed by atoms with van der Waals surface area (Å²) in [7, 11) is 2.01. The van der Waals surface area contributed by atoms with Gasteiger partial charge in [-0.25, -0.2) is 4.79 Å². The molecule has 0 atom stereocenters. The van der Waals surface area contributed by atoms with E-state index < -0.39 is 5.97 Å². The number of hydrogen-bond donors (Lipinski definition) is 1. The molecule has 1 N–H and O–H groups in total. The van der Waals surface area contributed by atoms with E-state index in [-0.39, 0.29) is 5.56 Å². The first kappa shape index (κ1) is 14.1. The molecule has 0 aliphatic carbocycles. The largest absolute Gasteiger partial charge is 0.478 e. The topological polar surface area (TPSA) is 66.3 Å². The summed E-state index contributed by atoms with van der Waals surface area (Å²) in [6.45, 7) is 1.56. The lowest BCUT2D eigenvalue weighted by Gasteiger charge is -2.15. The SMILES string of the molecule is CN(CCc1ccccn1)Cc1ccc(C(=O)O)cn1. The van der Waals surface area contributed by atoms with Crippen LogP contribution in [0.25, 0.3) is 0 Å². The maximum absolute atomic E-state index is 10.7. The van der Waals surface area contributed by atoms with Crippen LogP contribution in [-0.4, -0.2) is 39.5 Å². The second kappa shape index (κ2) is 6.77. The summed E-state index contributed by atoms with van der Waals surface area (Å²) in [6.07, 6.45) is 4.07. The quantitative estimate of drug-likeness (QED) is 0.868. The third-order valence-electron chi connectivity index (χ3n) is 2.98. The summed E-state index contributed by atoms with van der Waals surface area (Å²) in [4.78, 5) is 21.3. The third kappa shape index (κ3) is 4.13. The molecule has 5 nitrogen and oxygen atoms in total. The molecular formula is C15H17N3O2. The lowest BCUT2D eigenvalue weighted by atomic mass is 10.2. The highest BCUT2D eigenvalue weighted by Gasteiger charge is 2.05. The first-order valence-electron chi connectivity index (χ1n) is 6.42. The van der Waals surface area contributed by atoms with Crippen LogP contribution >= 0.6 is 0 Å². The minimum atomic E-state index is -0.951. The van der Waals surface area contributed by atoms with E-state index >= 15 is 0 Å². The van der Waals surface area contributed by atoms with Gasteiger partial charge in [0.1, 0.15) is 0 Å². The van der Waals surface area contributed by atoms with Crippen molar-refractivity contribution in [1.82, 2.24) is 14.9 Å². The normalized spacial score (nSPS) is 10.7. The maximum Gasteiger partial charge on any atom is 0.337 e. The predicted octanol–water partition coefficient (Wildman–Crippen LogP) is 1.85. The zero-order valence-corrected chi connectivity index (χ0v) is 11.4. The van der Waals surface area contributed by atoms with Gasteiger partial charge in [0.2, 0.25) is 0 Å². The molecule has 0 spiro atoms. The number of pyridine rings is 2. The molecule has 104 valence electrons. The van der Waals surface area contributed by atoms with Gasteiger partial charge < -0.3 is 10.0 Å². The summed E-state index contributed by atoms with van der Waals surface area (Å²) in [5.41, 5.74) is 2.14. The van der Waals surface area contributed by atoms with Crippen molar-refractivity contribution in [3.63, 3.8) is 0 Å². The van der Waals surface area contributed by atoms with E-state index in [1.165, 1.54) is 6.20 Å². The number of aromatic carboxylic acids is 1. The Hall–Kier alpha value is -2.27. The predicted molar refractivity (Wildman–Crippen MR) is 75.5 cm³/mol. The highest BCUT2D eigenvalue weighted by molar-refractivity contribution is 5.87. The molecule has 0 unspecified atom stereocenters. The number of carboxylic acids is 1. The summed E-state index contributed by atoms with van der Waals surface area (Å²) in [6, 6.07) is 9.22. The highest BCUT2D eigenvalue weighted by Crippen LogP contribution is 2.04. The highest BCUT2D eigenvalue weighted by atomic mass is 16.4. The number of nitrogens with zero attached hydrogens (tertiary/aromatic N) is 3. The number of aromatic nitrogens is 2. The van der Waals surface area contributed by atoms with E-state index in [9.17, 15) is 4.79 Å². The molecule has 0 radical (unpaired) electrons. The van der Waals surface area contributed by atoms with Gasteiger partial charge in [-0.1, -0.05) is 6.07 Å². The maximum atomic E-state index is 10.7. The molecule has 2 heterocycles. The van der Waals surface area contributed by atoms with Crippen molar-refractivity contribution < 1.29 is 9.90 Å². The minimum Gasteiger partial charge on any atom is -0.478 e. The van der Waals surface area contributed by atoms with Crippen molar-refractivity contribution in [2.24, 2.45) is 0 Å². The van der Waals surface area contributed by atoms with Crippen LogP contribution in [-0.2, 0) is 13.0 Å². The lowest BCUT2D eigenvalue weighted by Crippen LogP contribution is -2.21. The number of carboxylic acid groups (broad SMARTS) is 1. The molecular weight excluding hydrogens is 254 g/mol. The molecule has 5 heteroatoms. The monoisotopic (exact) mass is 271 g/mol. The molecule has 0 aliphatic heterocycles. The van der Waals surface area contributed by atoms with Crippen LogP contribution in [0.5, 0.6) is 0 Å². The number of carbonyl (C=O) groups is 1. The van der Waals surface area contributed by atoms with Crippen LogP contribution < -0.4 is 0 Å². The molecule has 2 rings (SSSR count). The smallest absolute Gasteiger partial charge is 0.337 e. The molecule has 2 aromatic rings. The molecule has 2 aromatic heterocycles. The van der Waals surface area contributed by atoms with Crippen LogP contribution in [0, 0.1) is 0 Å².